The summed E-state index contributed by atoms with van der Waals surface area (Å²) >= 11 is 1.56. The summed E-state index contributed by atoms with van der Waals surface area (Å²) < 4.78 is 93.4. The maximum atomic E-state index is 13.5. The Kier molecular flexibility index (Phi) is 13.9. The molecule has 0 aliphatic carbocycles. The first-order valence-electron chi connectivity index (χ1n) is 10.4. The lowest BCUT2D eigenvalue weighted by Crippen LogP contribution is -2.16. The molecule has 8 nitrogen and oxygen atoms in total. The molecule has 0 radical (unpaired) electrons. The second kappa shape index (κ2) is 15.2. The lowest BCUT2D eigenvalue weighted by molar-refractivity contribution is -0.140. The molecule has 0 amide bonds. The highest BCUT2D eigenvalue weighted by atomic mass is 32.2. The number of hydrogen-bond acceptors (Lipinski definition) is 8. The summed E-state index contributed by atoms with van der Waals surface area (Å²) in [6.45, 7) is 8.67. The SMILES string of the molecule is CC.CC.CC(F)(F)F.CSCCNc1nonc1-c1noc(=O)n1-c1ccc(F)c(C(F)(F)F)c1. The number of aromatic nitrogens is 4. The topological polar surface area (TPSA) is 99.0 Å². The van der Waals surface area contributed by atoms with Crippen LogP contribution in [-0.4, -0.2) is 44.8 Å². The van der Waals surface area contributed by atoms with Crippen LogP contribution in [0.4, 0.5) is 36.6 Å². The zero-order valence-corrected chi connectivity index (χ0v) is 21.0. The van der Waals surface area contributed by atoms with E-state index in [2.05, 4.69) is 29.9 Å². The third-order valence-electron chi connectivity index (χ3n) is 3.42. The van der Waals surface area contributed by atoms with Gasteiger partial charge in [-0.05, 0) is 34.8 Å². The number of nitrogens with one attached hydrogen (secondary N) is 1. The molecule has 2 heterocycles. The Hall–Kier alpha value is -3.04. The van der Waals surface area contributed by atoms with Gasteiger partial charge in [0.25, 0.3) is 0 Å². The average Bonchev–Trinajstić information content (AvgIpc) is 3.41. The molecule has 204 valence electrons. The smallest absolute Gasteiger partial charge is 0.364 e. The summed E-state index contributed by atoms with van der Waals surface area (Å²) in [6, 6.07) is 2.06. The van der Waals surface area contributed by atoms with Crippen LogP contribution in [0.1, 0.15) is 40.2 Å². The summed E-state index contributed by atoms with van der Waals surface area (Å²) in [6.07, 6.45) is -7.05. The lowest BCUT2D eigenvalue weighted by atomic mass is 10.1. The lowest BCUT2D eigenvalue weighted by Gasteiger charge is -2.10. The van der Waals surface area contributed by atoms with Gasteiger partial charge in [0, 0.05) is 19.2 Å². The van der Waals surface area contributed by atoms with Crippen LogP contribution in [0.5, 0.6) is 0 Å². The Balaban J connectivity index is 0.00000119. The van der Waals surface area contributed by atoms with Crippen molar-refractivity contribution in [3.8, 4) is 17.2 Å². The predicted octanol–water partition coefficient (Wildman–Crippen LogP) is 6.43. The van der Waals surface area contributed by atoms with E-state index in [1.807, 2.05) is 34.0 Å². The number of rotatable bonds is 6. The Morgan fingerprint density at radius 2 is 1.61 bits per heavy atom. The van der Waals surface area contributed by atoms with Crippen LogP contribution in [0.15, 0.2) is 32.1 Å². The highest BCUT2D eigenvalue weighted by molar-refractivity contribution is 7.98. The van der Waals surface area contributed by atoms with Gasteiger partial charge in [-0.2, -0.15) is 38.1 Å². The number of nitrogens with zero attached hydrogens (tertiary/aromatic N) is 4. The van der Waals surface area contributed by atoms with Gasteiger partial charge >= 0.3 is 18.1 Å². The van der Waals surface area contributed by atoms with Crippen LogP contribution in [0, 0.1) is 5.82 Å². The van der Waals surface area contributed by atoms with Gasteiger partial charge in [-0.1, -0.05) is 32.9 Å². The average molecular weight is 550 g/mol. The van der Waals surface area contributed by atoms with E-state index in [9.17, 15) is 35.5 Å². The van der Waals surface area contributed by atoms with E-state index in [0.717, 1.165) is 11.8 Å². The van der Waals surface area contributed by atoms with Crippen LogP contribution < -0.4 is 11.1 Å². The predicted molar refractivity (Wildman–Crippen MR) is 122 cm³/mol. The third-order valence-corrected chi connectivity index (χ3v) is 4.03. The van der Waals surface area contributed by atoms with E-state index in [4.69, 9.17) is 0 Å². The fraction of sp³-hybridized carbons (Fsp3) is 0.500. The number of anilines is 1. The zero-order valence-electron chi connectivity index (χ0n) is 20.2. The molecule has 3 aromatic rings. The van der Waals surface area contributed by atoms with E-state index in [0.29, 0.717) is 23.2 Å². The number of benzene rings is 1. The van der Waals surface area contributed by atoms with Gasteiger partial charge in [0.15, 0.2) is 5.69 Å². The molecule has 0 saturated heterocycles. The second-order valence-corrected chi connectivity index (χ2v) is 6.92. The molecule has 0 unspecified atom stereocenters. The number of halogens is 7. The van der Waals surface area contributed by atoms with E-state index >= 15 is 0 Å². The molecular weight excluding hydrogens is 523 g/mol. The van der Waals surface area contributed by atoms with Gasteiger partial charge in [0.05, 0.1) is 11.3 Å². The molecule has 2 aromatic heterocycles. The van der Waals surface area contributed by atoms with Crippen molar-refractivity contribution < 1.29 is 39.9 Å². The molecule has 16 heteroatoms. The van der Waals surface area contributed by atoms with Gasteiger partial charge < -0.3 is 5.32 Å². The van der Waals surface area contributed by atoms with Gasteiger partial charge in [-0.25, -0.2) is 18.4 Å². The molecule has 0 aliphatic rings. The van der Waals surface area contributed by atoms with Crippen molar-refractivity contribution in [2.45, 2.75) is 47.0 Å². The Bertz CT molecular complexity index is 1090. The van der Waals surface area contributed by atoms with Crippen molar-refractivity contribution >= 4 is 17.6 Å². The molecule has 0 spiro atoms. The first kappa shape index (κ1) is 33.0. The molecule has 3 rings (SSSR count). The maximum absolute atomic E-state index is 13.5. The first-order valence-corrected chi connectivity index (χ1v) is 11.8. The largest absolute Gasteiger partial charge is 0.446 e. The monoisotopic (exact) mass is 549 g/mol. The molecular formula is C20H26F7N5O3S. The highest BCUT2D eigenvalue weighted by Crippen LogP contribution is 2.33. The summed E-state index contributed by atoms with van der Waals surface area (Å²) in [7, 11) is 0. The van der Waals surface area contributed by atoms with Crippen molar-refractivity contribution in [3.63, 3.8) is 0 Å². The van der Waals surface area contributed by atoms with E-state index in [1.165, 1.54) is 0 Å². The van der Waals surface area contributed by atoms with Gasteiger partial charge in [0.1, 0.15) is 5.82 Å². The Labute approximate surface area is 206 Å². The second-order valence-electron chi connectivity index (χ2n) is 5.93. The first-order chi connectivity index (χ1) is 16.8. The van der Waals surface area contributed by atoms with Gasteiger partial charge in [-0.15, -0.1) is 0 Å². The fourth-order valence-electron chi connectivity index (χ4n) is 2.22. The van der Waals surface area contributed by atoms with Crippen molar-refractivity contribution in [2.75, 3.05) is 23.9 Å². The summed E-state index contributed by atoms with van der Waals surface area (Å²) in [5, 5.41) is 13.7. The molecule has 1 aromatic carbocycles. The summed E-state index contributed by atoms with van der Waals surface area (Å²) in [5.74, 6) is -1.94. The molecule has 0 saturated carbocycles. The van der Waals surface area contributed by atoms with Crippen LogP contribution in [0.2, 0.25) is 0 Å². The van der Waals surface area contributed by atoms with Crippen molar-refractivity contribution in [1.29, 1.82) is 0 Å². The van der Waals surface area contributed by atoms with Crippen LogP contribution in [0.3, 0.4) is 0 Å². The molecule has 1 N–H and O–H groups in total. The maximum Gasteiger partial charge on any atom is 0.446 e. The minimum atomic E-state index is -4.94. The third kappa shape index (κ3) is 10.3. The van der Waals surface area contributed by atoms with Gasteiger partial charge in [-0.3, -0.25) is 4.52 Å². The zero-order chi connectivity index (χ0) is 28.1. The van der Waals surface area contributed by atoms with Crippen molar-refractivity contribution in [2.24, 2.45) is 0 Å². The standard InChI is InChI=1S/C14H11F4N5O3S.C2H3F3.2C2H6/c1-27-5-4-19-11-10(20-26-21-11)12-22-25-13(24)23(12)7-2-3-9(15)8(6-7)14(16,17)18;1-2(3,4)5;2*1-2/h2-3,6H,4-5H2,1H3,(H,19,21);1H3;2*1-2H3. The van der Waals surface area contributed by atoms with E-state index in [-0.39, 0.29) is 29.9 Å². The Morgan fingerprint density at radius 1 is 1.03 bits per heavy atom. The number of hydrogen-bond donors (Lipinski definition) is 1. The number of thioether (sulfide) groups is 1. The highest BCUT2D eigenvalue weighted by Gasteiger charge is 2.35. The summed E-state index contributed by atoms with van der Waals surface area (Å²) in [4.78, 5) is 12.0. The minimum absolute atomic E-state index is 0.0418. The van der Waals surface area contributed by atoms with Gasteiger partial charge in [0.2, 0.25) is 11.6 Å². The molecule has 0 atom stereocenters. The van der Waals surface area contributed by atoms with Crippen LogP contribution in [-0.2, 0) is 6.18 Å². The van der Waals surface area contributed by atoms with E-state index < -0.39 is 29.5 Å². The number of alkyl halides is 6. The van der Waals surface area contributed by atoms with Crippen LogP contribution in [0.25, 0.3) is 17.2 Å². The van der Waals surface area contributed by atoms with Crippen molar-refractivity contribution in [3.05, 3.63) is 40.1 Å². The summed E-state index contributed by atoms with van der Waals surface area (Å²) in [5.41, 5.74) is -1.88. The molecule has 0 bridgehead atoms. The molecule has 36 heavy (non-hydrogen) atoms. The van der Waals surface area contributed by atoms with Crippen LogP contribution >= 0.6 is 11.8 Å². The quantitative estimate of drug-likeness (QED) is 0.278. The molecule has 0 fully saturated rings. The normalized spacial score (nSPS) is 10.8. The minimum Gasteiger partial charge on any atom is -0.364 e. The fourth-order valence-corrected chi connectivity index (χ4v) is 2.53. The molecule has 0 aliphatic heterocycles. The van der Waals surface area contributed by atoms with E-state index in [1.54, 1.807) is 11.8 Å². The van der Waals surface area contributed by atoms with Crippen molar-refractivity contribution in [1.82, 2.24) is 20.0 Å². The Morgan fingerprint density at radius 3 is 2.14 bits per heavy atom.